The highest BCUT2D eigenvalue weighted by Crippen LogP contribution is 2.22. The van der Waals surface area contributed by atoms with Crippen molar-refractivity contribution in [3.05, 3.63) is 71.1 Å². The molecule has 31 heavy (non-hydrogen) atoms. The number of carbonyl (C=O) groups excluding carboxylic acids is 1. The monoisotopic (exact) mass is 455 g/mol. The van der Waals surface area contributed by atoms with Crippen molar-refractivity contribution >= 4 is 44.2 Å². The Morgan fingerprint density at radius 2 is 1.84 bits per heavy atom. The molecule has 0 radical (unpaired) electrons. The number of thioether (sulfide) groups is 1. The summed E-state index contributed by atoms with van der Waals surface area (Å²) < 4.78 is 25.3. The third-order valence-corrected chi connectivity index (χ3v) is 6.35. The van der Waals surface area contributed by atoms with E-state index in [0.29, 0.717) is 11.0 Å². The zero-order chi connectivity index (χ0) is 22.0. The highest BCUT2D eigenvalue weighted by atomic mass is 32.2. The van der Waals surface area contributed by atoms with Crippen LogP contribution in [0, 0.1) is 0 Å². The minimum Gasteiger partial charge on any atom is -0.324 e. The minimum atomic E-state index is -3.49. The Kier molecular flexibility index (Phi) is 5.61. The first kappa shape index (κ1) is 20.8. The molecule has 2 aromatic heterocycles. The number of aromatic nitrogens is 4. The lowest BCUT2D eigenvalue weighted by Crippen LogP contribution is -2.17. The van der Waals surface area contributed by atoms with E-state index in [-0.39, 0.29) is 27.1 Å². The number of aromatic amines is 1. The predicted octanol–water partition coefficient (Wildman–Crippen LogP) is 2.24. The van der Waals surface area contributed by atoms with Gasteiger partial charge in [0.15, 0.2) is 20.6 Å². The molecule has 0 unspecified atom stereocenters. The lowest BCUT2D eigenvalue weighted by Gasteiger charge is -2.09. The number of nitrogens with one attached hydrogen (secondary N) is 2. The van der Waals surface area contributed by atoms with Gasteiger partial charge in [-0.25, -0.2) is 18.1 Å². The summed E-state index contributed by atoms with van der Waals surface area (Å²) in [5.41, 5.74) is 0.967. The summed E-state index contributed by atoms with van der Waals surface area (Å²) in [5.74, 6) is -0.508. The molecule has 0 aliphatic carbocycles. The van der Waals surface area contributed by atoms with Gasteiger partial charge in [0, 0.05) is 6.26 Å². The summed E-state index contributed by atoms with van der Waals surface area (Å²) in [6.07, 6.45) is 2.52. The van der Waals surface area contributed by atoms with Crippen molar-refractivity contribution in [3.8, 4) is 5.69 Å². The highest BCUT2D eigenvalue weighted by Gasteiger charge is 2.16. The van der Waals surface area contributed by atoms with E-state index in [4.69, 9.17) is 0 Å². The summed E-state index contributed by atoms with van der Waals surface area (Å²) in [7, 11) is -3.49. The minimum absolute atomic E-state index is 0.0352. The molecule has 0 aliphatic heterocycles. The summed E-state index contributed by atoms with van der Waals surface area (Å²) in [6.45, 7) is 0. The molecule has 2 heterocycles. The quantitative estimate of drug-likeness (QED) is 0.337. The molecule has 158 valence electrons. The van der Waals surface area contributed by atoms with E-state index >= 15 is 0 Å². The number of carbonyl (C=O) groups is 1. The highest BCUT2D eigenvalue weighted by molar-refractivity contribution is 7.99. The Morgan fingerprint density at radius 3 is 2.58 bits per heavy atom. The third kappa shape index (κ3) is 4.52. The van der Waals surface area contributed by atoms with Gasteiger partial charge in [-0.05, 0) is 24.3 Å². The molecule has 0 fully saturated rings. The predicted molar refractivity (Wildman–Crippen MR) is 118 cm³/mol. The van der Waals surface area contributed by atoms with Gasteiger partial charge in [0.05, 0.1) is 28.2 Å². The van der Waals surface area contributed by atoms with E-state index in [2.05, 4.69) is 20.4 Å². The summed E-state index contributed by atoms with van der Waals surface area (Å²) in [4.78, 5) is 31.9. The second kappa shape index (κ2) is 8.36. The van der Waals surface area contributed by atoms with Crippen LogP contribution in [0.15, 0.2) is 75.6 Å². The molecule has 0 bridgehead atoms. The molecular weight excluding hydrogens is 438 g/mol. The van der Waals surface area contributed by atoms with E-state index in [1.54, 1.807) is 16.8 Å². The Balaban J connectivity index is 1.55. The van der Waals surface area contributed by atoms with Gasteiger partial charge in [0.25, 0.3) is 5.56 Å². The number of hydrogen-bond acceptors (Lipinski definition) is 7. The number of fused-ring (bicyclic) bond motifs is 1. The second-order valence-corrected chi connectivity index (χ2v) is 9.55. The summed E-state index contributed by atoms with van der Waals surface area (Å²) in [5, 5.41) is 7.42. The van der Waals surface area contributed by atoms with E-state index in [1.807, 2.05) is 30.3 Å². The number of rotatable bonds is 6. The van der Waals surface area contributed by atoms with E-state index < -0.39 is 15.7 Å². The lowest BCUT2D eigenvalue weighted by atomic mass is 10.3. The molecule has 4 rings (SSSR count). The number of benzene rings is 2. The average Bonchev–Trinajstić information content (AvgIpc) is 3.17. The average molecular weight is 456 g/mol. The first-order valence-electron chi connectivity index (χ1n) is 9.08. The molecule has 0 spiro atoms. The van der Waals surface area contributed by atoms with Crippen LogP contribution < -0.4 is 10.9 Å². The van der Waals surface area contributed by atoms with Crippen molar-refractivity contribution < 1.29 is 13.2 Å². The first-order chi connectivity index (χ1) is 14.8. The summed E-state index contributed by atoms with van der Waals surface area (Å²) in [6, 6.07) is 15.4. The van der Waals surface area contributed by atoms with Crippen molar-refractivity contribution in [1.82, 2.24) is 19.7 Å². The van der Waals surface area contributed by atoms with Crippen LogP contribution in [0.4, 0.5) is 5.69 Å². The van der Waals surface area contributed by atoms with Crippen molar-refractivity contribution in [3.63, 3.8) is 0 Å². The fourth-order valence-corrected chi connectivity index (χ4v) is 4.44. The van der Waals surface area contributed by atoms with Crippen molar-refractivity contribution in [2.75, 3.05) is 17.3 Å². The molecule has 2 aromatic carbocycles. The van der Waals surface area contributed by atoms with E-state index in [0.717, 1.165) is 23.7 Å². The third-order valence-electron chi connectivity index (χ3n) is 4.32. The Hall–Kier alpha value is -3.44. The number of nitrogens with zero attached hydrogens (tertiary/aromatic N) is 3. The molecule has 9 nitrogen and oxygen atoms in total. The van der Waals surface area contributed by atoms with Crippen LogP contribution in [0.2, 0.25) is 0 Å². The van der Waals surface area contributed by atoms with E-state index in [1.165, 1.54) is 18.3 Å². The van der Waals surface area contributed by atoms with Crippen molar-refractivity contribution in [1.29, 1.82) is 0 Å². The Bertz CT molecular complexity index is 1430. The molecule has 4 aromatic rings. The summed E-state index contributed by atoms with van der Waals surface area (Å²) >= 11 is 1.03. The van der Waals surface area contributed by atoms with Gasteiger partial charge < -0.3 is 10.3 Å². The van der Waals surface area contributed by atoms with E-state index in [9.17, 15) is 18.0 Å². The maximum atomic E-state index is 12.4. The number of para-hydroxylation sites is 2. The molecule has 2 N–H and O–H groups in total. The van der Waals surface area contributed by atoms with Gasteiger partial charge in [-0.15, -0.1) is 0 Å². The number of H-pyrrole nitrogens is 1. The normalized spacial score (nSPS) is 11.5. The van der Waals surface area contributed by atoms with Crippen LogP contribution in [0.5, 0.6) is 0 Å². The van der Waals surface area contributed by atoms with Crippen LogP contribution in [0.25, 0.3) is 16.7 Å². The van der Waals surface area contributed by atoms with Gasteiger partial charge in [-0.3, -0.25) is 9.59 Å². The molecular formula is C20H17N5O4S2. The van der Waals surface area contributed by atoms with Crippen LogP contribution in [0.3, 0.4) is 0 Å². The second-order valence-electron chi connectivity index (χ2n) is 6.61. The maximum Gasteiger partial charge on any atom is 0.262 e. The zero-order valence-electron chi connectivity index (χ0n) is 16.3. The number of hydrogen-bond donors (Lipinski definition) is 2. The SMILES string of the molecule is CS(=O)(=O)c1ccccc1NC(=O)CSc1nc2c(cnn2-c2ccccc2)c(=O)[nH]1. The number of anilines is 1. The fraction of sp³-hybridized carbons (Fsp3) is 0.100. The largest absolute Gasteiger partial charge is 0.324 e. The maximum absolute atomic E-state index is 12.4. The van der Waals surface area contributed by atoms with Crippen molar-refractivity contribution in [2.24, 2.45) is 0 Å². The standard InChI is InChI=1S/C20H17N5O4S2/c1-31(28,29)16-10-6-5-9-15(16)22-17(26)12-30-20-23-18-14(19(27)24-20)11-21-25(18)13-7-3-2-4-8-13/h2-11H,12H2,1H3,(H,22,26)(H,23,24,27). The first-order valence-corrected chi connectivity index (χ1v) is 12.0. The molecule has 0 atom stereocenters. The van der Waals surface area contributed by atoms with Gasteiger partial charge in [-0.1, -0.05) is 42.1 Å². The van der Waals surface area contributed by atoms with Gasteiger partial charge in [-0.2, -0.15) is 5.10 Å². The number of amides is 1. The van der Waals surface area contributed by atoms with Gasteiger partial charge >= 0.3 is 0 Å². The number of sulfone groups is 1. The molecule has 0 aliphatic rings. The van der Waals surface area contributed by atoms with Gasteiger partial charge in [0.1, 0.15) is 5.39 Å². The molecule has 11 heteroatoms. The Morgan fingerprint density at radius 1 is 1.13 bits per heavy atom. The molecule has 0 saturated carbocycles. The lowest BCUT2D eigenvalue weighted by molar-refractivity contribution is -0.113. The van der Waals surface area contributed by atoms with Crippen molar-refractivity contribution in [2.45, 2.75) is 10.1 Å². The van der Waals surface area contributed by atoms with Crippen LogP contribution in [-0.4, -0.2) is 46.1 Å². The van der Waals surface area contributed by atoms with Crippen LogP contribution in [0.1, 0.15) is 0 Å². The molecule has 1 amide bonds. The smallest absolute Gasteiger partial charge is 0.262 e. The zero-order valence-corrected chi connectivity index (χ0v) is 17.9. The van der Waals surface area contributed by atoms with Gasteiger partial charge in [0.2, 0.25) is 5.91 Å². The molecule has 0 saturated heterocycles. The fourth-order valence-electron chi connectivity index (χ4n) is 2.94. The van der Waals surface area contributed by atoms with Crippen LogP contribution in [-0.2, 0) is 14.6 Å². The Labute approximate surface area is 181 Å². The van der Waals surface area contributed by atoms with Crippen LogP contribution >= 0.6 is 11.8 Å². The topological polar surface area (TPSA) is 127 Å².